The monoisotopic (exact) mass is 486 g/mol. The first-order valence-corrected chi connectivity index (χ1v) is 12.1. The second-order valence-corrected chi connectivity index (χ2v) is 10.4. The molecule has 0 radical (unpaired) electrons. The molecule has 3 heterocycles. The number of benzene rings is 1. The van der Waals surface area contributed by atoms with E-state index in [1.54, 1.807) is 13.1 Å². The lowest BCUT2D eigenvalue weighted by molar-refractivity contribution is -0.126. The molecule has 178 valence electrons. The number of fused-ring (bicyclic) bond motifs is 1. The molecule has 2 N–H and O–H groups in total. The van der Waals surface area contributed by atoms with Gasteiger partial charge in [0.15, 0.2) is 0 Å². The predicted octanol–water partition coefficient (Wildman–Crippen LogP) is 5.37. The molecule has 2 fully saturated rings. The topological polar surface area (TPSA) is 76.9 Å². The Kier molecular flexibility index (Phi) is 5.76. The third-order valence-corrected chi connectivity index (χ3v) is 7.71. The fraction of sp³-hybridized carbons (Fsp3) is 0.458. The van der Waals surface area contributed by atoms with Gasteiger partial charge >= 0.3 is 6.18 Å². The normalized spacial score (nSPS) is 19.3. The van der Waals surface area contributed by atoms with Crippen LogP contribution in [-0.4, -0.2) is 42.3 Å². The van der Waals surface area contributed by atoms with Crippen LogP contribution in [0.4, 0.5) is 30.6 Å². The van der Waals surface area contributed by atoms with Crippen molar-refractivity contribution >= 4 is 39.0 Å². The van der Waals surface area contributed by atoms with Crippen molar-refractivity contribution in [1.82, 2.24) is 9.97 Å². The summed E-state index contributed by atoms with van der Waals surface area (Å²) in [6.07, 6.45) is -1.57. The number of hydrogen-bond acceptors (Lipinski definition) is 7. The summed E-state index contributed by atoms with van der Waals surface area (Å²) < 4.78 is 38.8. The minimum absolute atomic E-state index is 0.195. The molecule has 0 amide bonds. The number of anilines is 3. The Morgan fingerprint density at radius 1 is 1.24 bits per heavy atom. The van der Waals surface area contributed by atoms with Crippen LogP contribution in [0.1, 0.15) is 29.7 Å². The molecule has 1 atom stereocenters. The maximum Gasteiger partial charge on any atom is 0.393 e. The van der Waals surface area contributed by atoms with Crippen LogP contribution in [0.2, 0.25) is 0 Å². The number of halogens is 3. The van der Waals surface area contributed by atoms with Crippen LogP contribution in [0, 0.1) is 16.7 Å². The first-order valence-electron chi connectivity index (χ1n) is 11.3. The minimum atomic E-state index is -4.25. The predicted molar refractivity (Wildman–Crippen MR) is 128 cm³/mol. The minimum Gasteiger partial charge on any atom is -0.382 e. The highest BCUT2D eigenvalue weighted by Gasteiger charge is 2.49. The van der Waals surface area contributed by atoms with Crippen molar-refractivity contribution < 1.29 is 13.2 Å². The summed E-state index contributed by atoms with van der Waals surface area (Å²) >= 11 is 1.08. The Morgan fingerprint density at radius 2 is 2.00 bits per heavy atom. The summed E-state index contributed by atoms with van der Waals surface area (Å²) in [4.78, 5) is 12.0. The highest BCUT2D eigenvalue weighted by molar-refractivity contribution is 7.18. The molecule has 6 nitrogen and oxygen atoms in total. The molecular weight excluding hydrogens is 461 g/mol. The number of nitrogens with zero attached hydrogens (tertiary/aromatic N) is 4. The van der Waals surface area contributed by atoms with Gasteiger partial charge in [-0.15, -0.1) is 11.3 Å². The SMILES string of the molecule is CNc1nc(N2CC3(CCC(Nc4ccc(CC#N)cc4)C3)C2)c2cc(CC(F)(F)F)sc2n1. The number of alkyl halides is 3. The van der Waals surface area contributed by atoms with Gasteiger partial charge in [0.2, 0.25) is 5.95 Å². The van der Waals surface area contributed by atoms with Gasteiger partial charge in [-0.2, -0.15) is 23.4 Å². The van der Waals surface area contributed by atoms with Crippen molar-refractivity contribution in [3.8, 4) is 6.07 Å². The highest BCUT2D eigenvalue weighted by Crippen LogP contribution is 2.49. The molecule has 1 aliphatic heterocycles. The molecule has 1 spiro atoms. The van der Waals surface area contributed by atoms with E-state index in [2.05, 4.69) is 31.6 Å². The smallest absolute Gasteiger partial charge is 0.382 e. The molecule has 1 aliphatic carbocycles. The van der Waals surface area contributed by atoms with Crippen molar-refractivity contribution in [1.29, 1.82) is 5.26 Å². The third-order valence-electron chi connectivity index (χ3n) is 6.68. The van der Waals surface area contributed by atoms with E-state index >= 15 is 0 Å². The van der Waals surface area contributed by atoms with E-state index in [0.717, 1.165) is 54.9 Å². The summed E-state index contributed by atoms with van der Waals surface area (Å²) in [5, 5.41) is 16.1. The van der Waals surface area contributed by atoms with E-state index < -0.39 is 12.6 Å². The molecule has 10 heteroatoms. The van der Waals surface area contributed by atoms with Crippen LogP contribution < -0.4 is 15.5 Å². The first-order chi connectivity index (χ1) is 16.3. The van der Waals surface area contributed by atoms with Crippen LogP contribution in [0.3, 0.4) is 0 Å². The molecule has 1 saturated heterocycles. The van der Waals surface area contributed by atoms with Gasteiger partial charge in [-0.3, -0.25) is 0 Å². The summed E-state index contributed by atoms with van der Waals surface area (Å²) in [5.41, 5.74) is 2.27. The number of rotatable bonds is 6. The quantitative estimate of drug-likeness (QED) is 0.488. The fourth-order valence-corrected chi connectivity index (χ4v) is 6.22. The van der Waals surface area contributed by atoms with Crippen LogP contribution >= 0.6 is 11.3 Å². The van der Waals surface area contributed by atoms with E-state index in [4.69, 9.17) is 5.26 Å². The van der Waals surface area contributed by atoms with Crippen molar-refractivity contribution in [2.75, 3.05) is 35.7 Å². The highest BCUT2D eigenvalue weighted by atomic mass is 32.1. The molecule has 2 aliphatic rings. The summed E-state index contributed by atoms with van der Waals surface area (Å²) in [6, 6.07) is 12.1. The Hall–Kier alpha value is -3.06. The Bertz CT molecular complexity index is 1220. The van der Waals surface area contributed by atoms with Gasteiger partial charge in [-0.1, -0.05) is 12.1 Å². The van der Waals surface area contributed by atoms with Crippen LogP contribution in [0.25, 0.3) is 10.2 Å². The van der Waals surface area contributed by atoms with E-state index in [1.807, 2.05) is 24.3 Å². The Morgan fingerprint density at radius 3 is 2.68 bits per heavy atom. The standard InChI is InChI=1S/C24H25F3N6S/c1-29-22-31-20(19-10-18(12-24(25,26)27)34-21(19)32-22)33-13-23(14-33)8-6-17(11-23)30-16-4-2-15(3-5-16)7-9-28/h2-5,10,17,30H,6-8,11-14H2,1H3,(H,29,31,32). The number of hydrogen-bond donors (Lipinski definition) is 2. The van der Waals surface area contributed by atoms with Gasteiger partial charge in [0.25, 0.3) is 0 Å². The Balaban J connectivity index is 1.28. The average molecular weight is 487 g/mol. The fourth-order valence-electron chi connectivity index (χ4n) is 5.17. The van der Waals surface area contributed by atoms with Crippen molar-refractivity contribution in [2.24, 2.45) is 5.41 Å². The van der Waals surface area contributed by atoms with Crippen molar-refractivity contribution in [3.63, 3.8) is 0 Å². The second kappa shape index (κ2) is 8.62. The van der Waals surface area contributed by atoms with Crippen LogP contribution in [0.5, 0.6) is 0 Å². The summed E-state index contributed by atoms with van der Waals surface area (Å²) in [6.45, 7) is 1.68. The zero-order valence-electron chi connectivity index (χ0n) is 18.7. The summed E-state index contributed by atoms with van der Waals surface area (Å²) in [7, 11) is 1.72. The van der Waals surface area contributed by atoms with E-state index in [0.29, 0.717) is 34.4 Å². The second-order valence-electron chi connectivity index (χ2n) is 9.32. The number of nitriles is 1. The molecular formula is C24H25F3N6S. The maximum atomic E-state index is 12.9. The molecule has 1 saturated carbocycles. The average Bonchev–Trinajstić information content (AvgIpc) is 3.36. The molecule has 1 aromatic carbocycles. The molecule has 2 aromatic heterocycles. The van der Waals surface area contributed by atoms with Gasteiger partial charge < -0.3 is 15.5 Å². The van der Waals surface area contributed by atoms with Crippen LogP contribution in [0.15, 0.2) is 30.3 Å². The van der Waals surface area contributed by atoms with Crippen LogP contribution in [-0.2, 0) is 12.8 Å². The molecule has 0 bridgehead atoms. The first kappa shape index (κ1) is 22.7. The van der Waals surface area contributed by atoms with Gasteiger partial charge in [0.05, 0.1) is 24.3 Å². The third kappa shape index (κ3) is 4.62. The number of aromatic nitrogens is 2. The van der Waals surface area contributed by atoms with Gasteiger partial charge in [0, 0.05) is 42.2 Å². The zero-order valence-corrected chi connectivity index (χ0v) is 19.6. The Labute approximate surface area is 199 Å². The lowest BCUT2D eigenvalue weighted by Gasteiger charge is -2.49. The van der Waals surface area contributed by atoms with Crippen molar-refractivity contribution in [3.05, 3.63) is 40.8 Å². The van der Waals surface area contributed by atoms with E-state index in [9.17, 15) is 13.2 Å². The largest absolute Gasteiger partial charge is 0.393 e. The van der Waals surface area contributed by atoms with E-state index in [1.165, 1.54) is 0 Å². The summed E-state index contributed by atoms with van der Waals surface area (Å²) in [5.74, 6) is 1.14. The number of thiophene rings is 1. The molecule has 34 heavy (non-hydrogen) atoms. The molecule has 5 rings (SSSR count). The molecule has 1 unspecified atom stereocenters. The molecule has 3 aromatic rings. The number of nitrogens with one attached hydrogen (secondary N) is 2. The zero-order chi connectivity index (χ0) is 23.9. The van der Waals surface area contributed by atoms with Crippen molar-refractivity contribution in [2.45, 2.75) is 44.3 Å². The lowest BCUT2D eigenvalue weighted by Crippen LogP contribution is -2.56. The van der Waals surface area contributed by atoms with Gasteiger partial charge in [-0.05, 0) is 43.0 Å². The van der Waals surface area contributed by atoms with E-state index in [-0.39, 0.29) is 10.3 Å². The van der Waals surface area contributed by atoms with Gasteiger partial charge in [-0.25, -0.2) is 4.98 Å². The van der Waals surface area contributed by atoms with Gasteiger partial charge in [0.1, 0.15) is 10.6 Å². The lowest BCUT2D eigenvalue weighted by atomic mass is 9.78. The maximum absolute atomic E-state index is 12.9.